The Kier molecular flexibility index (Phi) is 5.72. The number of hydrogen-bond donors (Lipinski definition) is 1. The van der Waals surface area contributed by atoms with E-state index in [1.807, 2.05) is 4.90 Å². The van der Waals surface area contributed by atoms with Crippen LogP contribution in [0.2, 0.25) is 0 Å². The van der Waals surface area contributed by atoms with Crippen LogP contribution in [0.1, 0.15) is 37.2 Å². The number of amides is 1. The number of guanidine groups is 1. The fraction of sp³-hybridized carbons (Fsp3) is 0.579. The van der Waals surface area contributed by atoms with Crippen LogP contribution < -0.4 is 5.32 Å². The van der Waals surface area contributed by atoms with Gasteiger partial charge in [0, 0.05) is 39.1 Å². The number of nitrogens with one attached hydrogen (secondary N) is 1. The average Bonchev–Trinajstić information content (AvgIpc) is 3.13. The highest BCUT2D eigenvalue weighted by atomic mass is 16.2. The molecule has 1 N–H and O–H groups in total. The molecule has 1 unspecified atom stereocenters. The lowest BCUT2D eigenvalue weighted by molar-refractivity contribution is -0.130. The van der Waals surface area contributed by atoms with Gasteiger partial charge in [0.15, 0.2) is 5.96 Å². The van der Waals surface area contributed by atoms with Crippen LogP contribution >= 0.6 is 0 Å². The van der Waals surface area contributed by atoms with Crippen LogP contribution in [0.4, 0.5) is 0 Å². The highest BCUT2D eigenvalue weighted by Crippen LogP contribution is 2.26. The smallest absolute Gasteiger partial charge is 0.241 e. The molecule has 1 aromatic carbocycles. The molecule has 1 atom stereocenters. The van der Waals surface area contributed by atoms with Gasteiger partial charge in [-0.2, -0.15) is 0 Å². The summed E-state index contributed by atoms with van der Waals surface area (Å²) in [6, 6.07) is 10.7. The molecule has 2 aliphatic rings. The third-order valence-corrected chi connectivity index (χ3v) is 5.08. The lowest BCUT2D eigenvalue weighted by Gasteiger charge is -2.28. The number of hydrogen-bond acceptors (Lipinski definition) is 2. The fourth-order valence-electron chi connectivity index (χ4n) is 3.69. The molecule has 1 amide bonds. The van der Waals surface area contributed by atoms with Crippen molar-refractivity contribution < 1.29 is 4.79 Å². The lowest BCUT2D eigenvalue weighted by atomic mass is 9.99. The molecule has 2 aliphatic heterocycles. The van der Waals surface area contributed by atoms with Gasteiger partial charge in [-0.1, -0.05) is 30.3 Å². The standard InChI is InChI=1S/C19H28N4O/c1-20-19(21-14-18(24)22-11-6-3-7-12-22)23-13-10-17(15-23)16-8-4-2-5-9-16/h2,4-5,8-9,17H,3,6-7,10-15H2,1H3,(H,20,21). The van der Waals surface area contributed by atoms with Gasteiger partial charge in [-0.25, -0.2) is 0 Å². The van der Waals surface area contributed by atoms with Crippen molar-refractivity contribution >= 4 is 11.9 Å². The SMILES string of the molecule is CN=C(NCC(=O)N1CCCCC1)N1CCC(c2ccccc2)C1. The highest BCUT2D eigenvalue weighted by Gasteiger charge is 2.26. The topological polar surface area (TPSA) is 47.9 Å². The first-order valence-electron chi connectivity index (χ1n) is 9.06. The van der Waals surface area contributed by atoms with Gasteiger partial charge in [-0.05, 0) is 31.2 Å². The van der Waals surface area contributed by atoms with E-state index >= 15 is 0 Å². The largest absolute Gasteiger partial charge is 0.347 e. The summed E-state index contributed by atoms with van der Waals surface area (Å²) in [7, 11) is 1.80. The lowest BCUT2D eigenvalue weighted by Crippen LogP contribution is -2.46. The van der Waals surface area contributed by atoms with Crippen LogP contribution in [0.5, 0.6) is 0 Å². The molecular formula is C19H28N4O. The number of aliphatic imine (C=N–C) groups is 1. The molecule has 0 saturated carbocycles. The summed E-state index contributed by atoms with van der Waals surface area (Å²) in [4.78, 5) is 20.9. The molecule has 5 heteroatoms. The van der Waals surface area contributed by atoms with Crippen LogP contribution in [0.25, 0.3) is 0 Å². The molecule has 2 heterocycles. The van der Waals surface area contributed by atoms with Gasteiger partial charge >= 0.3 is 0 Å². The van der Waals surface area contributed by atoms with E-state index in [0.29, 0.717) is 12.5 Å². The zero-order valence-electron chi connectivity index (χ0n) is 14.6. The average molecular weight is 328 g/mol. The minimum atomic E-state index is 0.189. The second-order valence-electron chi connectivity index (χ2n) is 6.68. The summed E-state index contributed by atoms with van der Waals surface area (Å²) in [5.41, 5.74) is 1.39. The first-order valence-corrected chi connectivity index (χ1v) is 9.06. The summed E-state index contributed by atoms with van der Waals surface area (Å²) in [6.07, 6.45) is 4.63. The summed E-state index contributed by atoms with van der Waals surface area (Å²) >= 11 is 0. The van der Waals surface area contributed by atoms with Crippen molar-refractivity contribution in [2.45, 2.75) is 31.6 Å². The van der Waals surface area contributed by atoms with Crippen LogP contribution in [0, 0.1) is 0 Å². The monoisotopic (exact) mass is 328 g/mol. The van der Waals surface area contributed by atoms with Gasteiger partial charge in [0.2, 0.25) is 5.91 Å². The van der Waals surface area contributed by atoms with Gasteiger partial charge in [-0.3, -0.25) is 9.79 Å². The Morgan fingerprint density at radius 1 is 1.12 bits per heavy atom. The van der Waals surface area contributed by atoms with Crippen molar-refractivity contribution in [2.75, 3.05) is 39.8 Å². The normalized spacial score (nSPS) is 21.9. The van der Waals surface area contributed by atoms with Crippen molar-refractivity contribution in [1.29, 1.82) is 0 Å². The van der Waals surface area contributed by atoms with Crippen molar-refractivity contribution in [1.82, 2.24) is 15.1 Å². The number of piperidine rings is 1. The van der Waals surface area contributed by atoms with E-state index in [0.717, 1.165) is 51.4 Å². The quantitative estimate of drug-likeness (QED) is 0.682. The Bertz CT molecular complexity index is 566. The second kappa shape index (κ2) is 8.18. The molecule has 0 aliphatic carbocycles. The molecule has 0 aromatic heterocycles. The van der Waals surface area contributed by atoms with Crippen LogP contribution in [0.15, 0.2) is 35.3 Å². The summed E-state index contributed by atoms with van der Waals surface area (Å²) < 4.78 is 0. The number of carbonyl (C=O) groups is 1. The molecule has 24 heavy (non-hydrogen) atoms. The van der Waals surface area contributed by atoms with Gasteiger partial charge < -0.3 is 15.1 Å². The number of carbonyl (C=O) groups excluding carboxylic acids is 1. The summed E-state index contributed by atoms with van der Waals surface area (Å²) in [5.74, 6) is 1.58. The third kappa shape index (κ3) is 4.08. The van der Waals surface area contributed by atoms with E-state index in [2.05, 4.69) is 45.5 Å². The predicted molar refractivity (Wildman–Crippen MR) is 97.2 cm³/mol. The second-order valence-corrected chi connectivity index (χ2v) is 6.68. The summed E-state index contributed by atoms with van der Waals surface area (Å²) in [6.45, 7) is 4.09. The van der Waals surface area contributed by atoms with Gasteiger partial charge in [-0.15, -0.1) is 0 Å². The van der Waals surface area contributed by atoms with Crippen molar-refractivity contribution in [3.63, 3.8) is 0 Å². The number of likely N-dealkylation sites (tertiary alicyclic amines) is 2. The Morgan fingerprint density at radius 3 is 2.58 bits per heavy atom. The van der Waals surface area contributed by atoms with Crippen molar-refractivity contribution in [3.05, 3.63) is 35.9 Å². The molecule has 3 rings (SSSR count). The van der Waals surface area contributed by atoms with E-state index in [9.17, 15) is 4.79 Å². The first kappa shape index (κ1) is 16.8. The Labute approximate surface area is 144 Å². The van der Waals surface area contributed by atoms with Gasteiger partial charge in [0.1, 0.15) is 0 Å². The Balaban J connectivity index is 1.51. The molecule has 5 nitrogen and oxygen atoms in total. The Morgan fingerprint density at radius 2 is 1.88 bits per heavy atom. The maximum Gasteiger partial charge on any atom is 0.241 e. The number of nitrogens with zero attached hydrogens (tertiary/aromatic N) is 3. The maximum absolute atomic E-state index is 12.3. The van der Waals surface area contributed by atoms with E-state index < -0.39 is 0 Å². The highest BCUT2D eigenvalue weighted by molar-refractivity contribution is 5.86. The van der Waals surface area contributed by atoms with E-state index in [4.69, 9.17) is 0 Å². The third-order valence-electron chi connectivity index (χ3n) is 5.08. The van der Waals surface area contributed by atoms with E-state index in [1.54, 1.807) is 7.05 Å². The van der Waals surface area contributed by atoms with Crippen LogP contribution in [-0.2, 0) is 4.79 Å². The maximum atomic E-state index is 12.3. The minimum Gasteiger partial charge on any atom is -0.347 e. The zero-order valence-corrected chi connectivity index (χ0v) is 14.6. The Hall–Kier alpha value is -2.04. The molecular weight excluding hydrogens is 300 g/mol. The van der Waals surface area contributed by atoms with E-state index in [1.165, 1.54) is 12.0 Å². The first-order chi connectivity index (χ1) is 11.8. The summed E-state index contributed by atoms with van der Waals surface area (Å²) in [5, 5.41) is 3.27. The number of rotatable bonds is 3. The van der Waals surface area contributed by atoms with Crippen LogP contribution in [0.3, 0.4) is 0 Å². The van der Waals surface area contributed by atoms with Crippen molar-refractivity contribution in [2.24, 2.45) is 4.99 Å². The molecule has 1 aromatic rings. The molecule has 0 spiro atoms. The minimum absolute atomic E-state index is 0.189. The molecule has 0 radical (unpaired) electrons. The molecule has 130 valence electrons. The molecule has 2 saturated heterocycles. The van der Waals surface area contributed by atoms with Crippen LogP contribution in [-0.4, -0.2) is 61.4 Å². The number of benzene rings is 1. The fourth-order valence-corrected chi connectivity index (χ4v) is 3.69. The predicted octanol–water partition coefficient (Wildman–Crippen LogP) is 2.06. The molecule has 0 bridgehead atoms. The van der Waals surface area contributed by atoms with Gasteiger partial charge in [0.25, 0.3) is 0 Å². The van der Waals surface area contributed by atoms with Crippen molar-refractivity contribution in [3.8, 4) is 0 Å². The molecule has 2 fully saturated rings. The van der Waals surface area contributed by atoms with E-state index in [-0.39, 0.29) is 5.91 Å². The zero-order chi connectivity index (χ0) is 16.8. The van der Waals surface area contributed by atoms with Gasteiger partial charge in [0.05, 0.1) is 6.54 Å².